The number of anilines is 1. The number of ketones is 1. The summed E-state index contributed by atoms with van der Waals surface area (Å²) in [5.41, 5.74) is 7.19. The molecule has 3 rings (SSSR count). The quantitative estimate of drug-likeness (QED) is 0.635. The molecule has 0 saturated heterocycles. The highest BCUT2D eigenvalue weighted by molar-refractivity contribution is 6.09. The van der Waals surface area contributed by atoms with Crippen LogP contribution in [0, 0.1) is 0 Å². The zero-order chi connectivity index (χ0) is 13.4. The molecular formula is C14H9N3O2. The summed E-state index contributed by atoms with van der Waals surface area (Å²) in [7, 11) is 0. The number of nitrogen functional groups attached to an aromatic ring is 1. The predicted molar refractivity (Wildman–Crippen MR) is 68.4 cm³/mol. The maximum absolute atomic E-state index is 12.2. The van der Waals surface area contributed by atoms with Crippen molar-refractivity contribution >= 4 is 17.5 Å². The molecule has 5 nitrogen and oxygen atoms in total. The third kappa shape index (κ3) is 2.01. The maximum Gasteiger partial charge on any atom is 0.368 e. The molecule has 0 spiro atoms. The normalized spacial score (nSPS) is 12.5. The first kappa shape index (κ1) is 11.3. The van der Waals surface area contributed by atoms with Crippen molar-refractivity contribution < 1.29 is 9.59 Å². The lowest BCUT2D eigenvalue weighted by atomic mass is 10.0. The number of amides is 2. The number of fused-ring (bicyclic) bond motifs is 1. The van der Waals surface area contributed by atoms with Crippen LogP contribution in [0.3, 0.4) is 0 Å². The second-order valence-corrected chi connectivity index (χ2v) is 4.16. The zero-order valence-electron chi connectivity index (χ0n) is 9.83. The number of urea groups is 1. The molecule has 92 valence electrons. The van der Waals surface area contributed by atoms with E-state index in [1.165, 1.54) is 0 Å². The Balaban J connectivity index is 2.05. The van der Waals surface area contributed by atoms with Crippen molar-refractivity contribution in [3.63, 3.8) is 0 Å². The zero-order valence-corrected chi connectivity index (χ0v) is 9.83. The Hall–Kier alpha value is -2.82. The van der Waals surface area contributed by atoms with Crippen molar-refractivity contribution in [2.24, 2.45) is 9.98 Å². The van der Waals surface area contributed by atoms with E-state index in [9.17, 15) is 9.59 Å². The third-order valence-corrected chi connectivity index (χ3v) is 2.84. The first-order valence-corrected chi connectivity index (χ1v) is 5.65. The summed E-state index contributed by atoms with van der Waals surface area (Å²) in [5, 5.41) is 0.935. The van der Waals surface area contributed by atoms with Gasteiger partial charge in [-0.3, -0.25) is 4.79 Å². The average molecular weight is 251 g/mol. The summed E-state index contributed by atoms with van der Waals surface area (Å²) in [6.45, 7) is 0. The average Bonchev–Trinajstić information content (AvgIpc) is 2.77. The van der Waals surface area contributed by atoms with Crippen LogP contribution in [0.25, 0.3) is 0 Å². The van der Waals surface area contributed by atoms with Gasteiger partial charge < -0.3 is 5.73 Å². The summed E-state index contributed by atoms with van der Waals surface area (Å²) >= 11 is 0. The maximum atomic E-state index is 12.2. The second kappa shape index (κ2) is 4.13. The second-order valence-electron chi connectivity index (χ2n) is 4.16. The summed E-state index contributed by atoms with van der Waals surface area (Å²) in [5.74, 6) is -0.141. The molecule has 1 heterocycles. The number of nitrogens with zero attached hydrogens (tertiary/aromatic N) is 2. The number of nitrogens with two attached hydrogens (primary N) is 1. The van der Waals surface area contributed by atoms with Crippen LogP contribution in [-0.4, -0.2) is 11.8 Å². The molecule has 0 unspecified atom stereocenters. The van der Waals surface area contributed by atoms with Crippen molar-refractivity contribution in [2.75, 3.05) is 5.73 Å². The molecule has 0 atom stereocenters. The molecule has 1 aliphatic rings. The molecule has 19 heavy (non-hydrogen) atoms. The fraction of sp³-hybridized carbons (Fsp3) is 0. The lowest BCUT2D eigenvalue weighted by Crippen LogP contribution is -2.22. The smallest absolute Gasteiger partial charge is 0.368 e. The SMILES string of the molecule is Nc1ccc(C(=O)c2ccc3c(c2)=NC(=O)N=3)cc1. The molecule has 5 heteroatoms. The van der Waals surface area contributed by atoms with Gasteiger partial charge in [-0.15, -0.1) is 0 Å². The first-order valence-electron chi connectivity index (χ1n) is 5.65. The van der Waals surface area contributed by atoms with Gasteiger partial charge in [0.1, 0.15) is 0 Å². The van der Waals surface area contributed by atoms with Crippen molar-refractivity contribution in [3.8, 4) is 0 Å². The molecule has 1 aliphatic heterocycles. The minimum absolute atomic E-state index is 0.141. The highest BCUT2D eigenvalue weighted by Gasteiger charge is 2.11. The number of carbonyl (C=O) groups excluding carboxylic acids is 2. The van der Waals surface area contributed by atoms with Crippen molar-refractivity contribution in [1.29, 1.82) is 0 Å². The summed E-state index contributed by atoms with van der Waals surface area (Å²) in [4.78, 5) is 30.7. The lowest BCUT2D eigenvalue weighted by molar-refractivity contribution is 0.103. The number of benzene rings is 2. The molecule has 0 saturated carbocycles. The fourth-order valence-electron chi connectivity index (χ4n) is 1.88. The summed E-state index contributed by atoms with van der Waals surface area (Å²) in [6, 6.07) is 11.0. The first-order chi connectivity index (χ1) is 9.13. The number of rotatable bonds is 2. The van der Waals surface area contributed by atoms with Gasteiger partial charge in [0.25, 0.3) is 0 Å². The van der Waals surface area contributed by atoms with E-state index in [-0.39, 0.29) is 5.78 Å². The Bertz CT molecular complexity index is 808. The third-order valence-electron chi connectivity index (χ3n) is 2.84. The molecule has 2 aromatic rings. The van der Waals surface area contributed by atoms with Crippen LogP contribution in [-0.2, 0) is 0 Å². The highest BCUT2D eigenvalue weighted by Crippen LogP contribution is 2.10. The van der Waals surface area contributed by atoms with Crippen LogP contribution < -0.4 is 16.4 Å². The number of hydrogen-bond acceptors (Lipinski definition) is 3. The number of hydrogen-bond donors (Lipinski definition) is 1. The Morgan fingerprint density at radius 3 is 2.26 bits per heavy atom. The Morgan fingerprint density at radius 1 is 0.895 bits per heavy atom. The van der Waals surface area contributed by atoms with E-state index in [0.717, 1.165) is 0 Å². The predicted octanol–water partition coefficient (Wildman–Crippen LogP) is 0.873. The Kier molecular flexibility index (Phi) is 2.45. The molecule has 0 radical (unpaired) electrons. The van der Waals surface area contributed by atoms with Crippen molar-refractivity contribution in [2.45, 2.75) is 0 Å². The number of carbonyl (C=O) groups is 2. The van der Waals surface area contributed by atoms with Crippen LogP contribution in [0.2, 0.25) is 0 Å². The van der Waals surface area contributed by atoms with Gasteiger partial charge in [0.05, 0.1) is 10.7 Å². The van der Waals surface area contributed by atoms with Gasteiger partial charge in [-0.2, -0.15) is 9.98 Å². The molecule has 2 N–H and O–H groups in total. The molecule has 0 bridgehead atoms. The van der Waals surface area contributed by atoms with Gasteiger partial charge in [-0.05, 0) is 42.5 Å². The largest absolute Gasteiger partial charge is 0.399 e. The van der Waals surface area contributed by atoms with Crippen LogP contribution in [0.4, 0.5) is 10.5 Å². The minimum atomic E-state index is -0.535. The molecule has 2 amide bonds. The van der Waals surface area contributed by atoms with E-state index in [0.29, 0.717) is 27.5 Å². The van der Waals surface area contributed by atoms with Gasteiger partial charge in [-0.25, -0.2) is 4.79 Å². The molecule has 0 aromatic heterocycles. The van der Waals surface area contributed by atoms with Crippen molar-refractivity contribution in [3.05, 3.63) is 64.3 Å². The fourth-order valence-corrected chi connectivity index (χ4v) is 1.88. The van der Waals surface area contributed by atoms with Crippen LogP contribution in [0.1, 0.15) is 15.9 Å². The molecular weight excluding hydrogens is 242 g/mol. The summed E-state index contributed by atoms with van der Waals surface area (Å²) in [6.07, 6.45) is 0. The van der Waals surface area contributed by atoms with Crippen LogP contribution in [0.15, 0.2) is 52.4 Å². The van der Waals surface area contributed by atoms with Gasteiger partial charge >= 0.3 is 6.03 Å². The van der Waals surface area contributed by atoms with Gasteiger partial charge in [0.15, 0.2) is 5.78 Å². The Labute approximate surface area is 108 Å². The van der Waals surface area contributed by atoms with E-state index >= 15 is 0 Å². The van der Waals surface area contributed by atoms with E-state index in [1.54, 1.807) is 42.5 Å². The minimum Gasteiger partial charge on any atom is -0.399 e. The highest BCUT2D eigenvalue weighted by atomic mass is 16.2. The van der Waals surface area contributed by atoms with Gasteiger partial charge in [0, 0.05) is 16.8 Å². The van der Waals surface area contributed by atoms with E-state index in [2.05, 4.69) is 9.98 Å². The van der Waals surface area contributed by atoms with Gasteiger partial charge in [-0.1, -0.05) is 0 Å². The Morgan fingerprint density at radius 2 is 1.53 bits per heavy atom. The topological polar surface area (TPSA) is 84.9 Å². The van der Waals surface area contributed by atoms with Gasteiger partial charge in [0.2, 0.25) is 0 Å². The van der Waals surface area contributed by atoms with Crippen LogP contribution >= 0.6 is 0 Å². The lowest BCUT2D eigenvalue weighted by Gasteiger charge is -2.01. The van der Waals surface area contributed by atoms with Crippen LogP contribution in [0.5, 0.6) is 0 Å². The molecule has 0 fully saturated rings. The van der Waals surface area contributed by atoms with E-state index in [4.69, 9.17) is 5.73 Å². The molecule has 2 aromatic carbocycles. The van der Waals surface area contributed by atoms with Crippen molar-refractivity contribution in [1.82, 2.24) is 0 Å². The van der Waals surface area contributed by atoms with E-state index < -0.39 is 6.03 Å². The molecule has 0 aliphatic carbocycles. The summed E-state index contributed by atoms with van der Waals surface area (Å²) < 4.78 is 0. The van der Waals surface area contributed by atoms with E-state index in [1.807, 2.05) is 0 Å². The standard InChI is InChI=1S/C14H9N3O2/c15-10-4-1-8(2-5-10)13(18)9-3-6-11-12(7-9)17-14(19)16-11/h1-7H,15H2. The monoisotopic (exact) mass is 251 g/mol.